The molecule has 24 heavy (non-hydrogen) atoms. The second kappa shape index (κ2) is 5.62. The third-order valence-electron chi connectivity index (χ3n) is 3.72. The van der Waals surface area contributed by atoms with E-state index in [4.69, 9.17) is 10.3 Å². The van der Waals surface area contributed by atoms with Gasteiger partial charge in [-0.05, 0) is 24.6 Å². The zero-order chi connectivity index (χ0) is 16.5. The van der Waals surface area contributed by atoms with Gasteiger partial charge in [-0.2, -0.15) is 9.67 Å². The number of nitrogen functional groups attached to an aromatic ring is 1. The summed E-state index contributed by atoms with van der Waals surface area (Å²) in [6.45, 7) is 1.99. The number of hydrogen-bond acceptors (Lipinski definition) is 6. The molecule has 0 fully saturated rings. The number of rotatable bonds is 3. The Morgan fingerprint density at radius 1 is 1.00 bits per heavy atom. The van der Waals surface area contributed by atoms with Crippen molar-refractivity contribution in [1.82, 2.24) is 25.1 Å². The summed E-state index contributed by atoms with van der Waals surface area (Å²) >= 11 is 0. The van der Waals surface area contributed by atoms with E-state index in [-0.39, 0.29) is 5.89 Å². The summed E-state index contributed by atoms with van der Waals surface area (Å²) < 4.78 is 6.87. The molecule has 0 aliphatic heterocycles. The van der Waals surface area contributed by atoms with Gasteiger partial charge in [0.25, 0.3) is 5.89 Å². The van der Waals surface area contributed by atoms with Crippen molar-refractivity contribution in [2.24, 2.45) is 0 Å². The molecule has 0 saturated carbocycles. The second-order valence-electron chi connectivity index (χ2n) is 5.31. The number of hydrogen-bond donors (Lipinski definition) is 1. The van der Waals surface area contributed by atoms with Crippen LogP contribution in [0.4, 0.5) is 5.82 Å². The van der Waals surface area contributed by atoms with Gasteiger partial charge in [0.2, 0.25) is 5.82 Å². The first kappa shape index (κ1) is 14.1. The Bertz CT molecular complexity index is 989. The average Bonchev–Trinajstić information content (AvgIpc) is 3.23. The summed E-state index contributed by atoms with van der Waals surface area (Å²) in [5.41, 5.74) is 9.30. The van der Waals surface area contributed by atoms with Crippen molar-refractivity contribution in [2.45, 2.75) is 6.92 Å². The van der Waals surface area contributed by atoms with Gasteiger partial charge in [0.1, 0.15) is 0 Å². The van der Waals surface area contributed by atoms with Crippen molar-refractivity contribution < 1.29 is 4.52 Å². The van der Waals surface area contributed by atoms with E-state index >= 15 is 0 Å². The molecule has 0 unspecified atom stereocenters. The van der Waals surface area contributed by atoms with Crippen molar-refractivity contribution in [3.05, 3.63) is 60.2 Å². The Hall–Kier alpha value is -3.48. The minimum Gasteiger partial charge on any atom is -0.382 e. The maximum Gasteiger partial charge on any atom is 0.282 e. The van der Waals surface area contributed by atoms with Crippen LogP contribution in [0.1, 0.15) is 5.56 Å². The second-order valence-corrected chi connectivity index (χ2v) is 5.31. The summed E-state index contributed by atoms with van der Waals surface area (Å²) in [7, 11) is 0. The molecular formula is C17H14N6O. The van der Waals surface area contributed by atoms with Crippen LogP contribution in [0.25, 0.3) is 28.7 Å². The van der Waals surface area contributed by atoms with Crippen molar-refractivity contribution in [3.63, 3.8) is 0 Å². The number of benzene rings is 2. The fraction of sp³-hybridized carbons (Fsp3) is 0.0588. The van der Waals surface area contributed by atoms with E-state index in [2.05, 4.69) is 20.5 Å². The number of nitrogens with zero attached hydrogens (tertiary/aromatic N) is 5. The van der Waals surface area contributed by atoms with Crippen molar-refractivity contribution in [3.8, 4) is 28.7 Å². The Morgan fingerprint density at radius 2 is 1.75 bits per heavy atom. The van der Waals surface area contributed by atoms with E-state index in [1.807, 2.05) is 61.5 Å². The summed E-state index contributed by atoms with van der Waals surface area (Å²) in [4.78, 5) is 4.41. The third-order valence-corrected chi connectivity index (χ3v) is 3.72. The Labute approximate surface area is 137 Å². The van der Waals surface area contributed by atoms with Gasteiger partial charge in [0.05, 0.1) is 5.69 Å². The van der Waals surface area contributed by atoms with Crippen molar-refractivity contribution >= 4 is 5.82 Å². The van der Waals surface area contributed by atoms with Gasteiger partial charge < -0.3 is 10.3 Å². The minimum atomic E-state index is 0.243. The molecule has 0 bridgehead atoms. The van der Waals surface area contributed by atoms with Crippen molar-refractivity contribution in [2.75, 3.05) is 5.73 Å². The first-order valence-corrected chi connectivity index (χ1v) is 7.41. The summed E-state index contributed by atoms with van der Waals surface area (Å²) in [6.07, 6.45) is 0. The van der Waals surface area contributed by atoms with E-state index in [0.717, 1.165) is 16.8 Å². The predicted octanol–water partition coefficient (Wildman–Crippen LogP) is 2.87. The molecule has 4 rings (SSSR count). The third kappa shape index (κ3) is 2.32. The van der Waals surface area contributed by atoms with E-state index < -0.39 is 0 Å². The van der Waals surface area contributed by atoms with Gasteiger partial charge in [0, 0.05) is 5.56 Å². The van der Waals surface area contributed by atoms with Crippen LogP contribution in [0.5, 0.6) is 0 Å². The van der Waals surface area contributed by atoms with Crippen LogP contribution in [-0.4, -0.2) is 25.1 Å². The van der Waals surface area contributed by atoms with Crippen LogP contribution in [0.15, 0.2) is 59.1 Å². The number of para-hydroxylation sites is 1. The molecule has 7 heteroatoms. The van der Waals surface area contributed by atoms with E-state index in [1.165, 1.54) is 4.68 Å². The van der Waals surface area contributed by atoms with Crippen LogP contribution >= 0.6 is 0 Å². The number of aromatic nitrogens is 5. The zero-order valence-corrected chi connectivity index (χ0v) is 12.9. The van der Waals surface area contributed by atoms with Crippen LogP contribution < -0.4 is 5.73 Å². The highest BCUT2D eigenvalue weighted by Crippen LogP contribution is 2.27. The highest BCUT2D eigenvalue weighted by Gasteiger charge is 2.20. The lowest BCUT2D eigenvalue weighted by molar-refractivity contribution is 0.431. The van der Waals surface area contributed by atoms with Gasteiger partial charge >= 0.3 is 0 Å². The molecule has 2 aromatic carbocycles. The first-order valence-electron chi connectivity index (χ1n) is 7.41. The lowest BCUT2D eigenvalue weighted by Crippen LogP contribution is -2.01. The molecule has 0 amide bonds. The molecule has 7 nitrogen and oxygen atoms in total. The zero-order valence-electron chi connectivity index (χ0n) is 12.9. The molecule has 0 atom stereocenters. The molecule has 0 aliphatic carbocycles. The van der Waals surface area contributed by atoms with Crippen LogP contribution in [0.3, 0.4) is 0 Å². The maximum absolute atomic E-state index is 6.16. The fourth-order valence-electron chi connectivity index (χ4n) is 2.45. The molecular weight excluding hydrogens is 304 g/mol. The Morgan fingerprint density at radius 3 is 2.54 bits per heavy atom. The van der Waals surface area contributed by atoms with Gasteiger partial charge in [0.15, 0.2) is 11.5 Å². The molecule has 0 saturated heterocycles. The highest BCUT2D eigenvalue weighted by molar-refractivity contribution is 5.67. The number of anilines is 1. The standard InChI is InChI=1S/C17H14N6O/c1-11-7-5-6-10-13(11)16-19-17(24-21-16)14-15(18)23(22-20-14)12-8-3-2-4-9-12/h2-10H,18H2,1H3. The SMILES string of the molecule is Cc1ccccc1-c1noc(-c2nnn(-c3ccccc3)c2N)n1. The molecule has 0 spiro atoms. The van der Waals surface area contributed by atoms with E-state index in [9.17, 15) is 0 Å². The van der Waals surface area contributed by atoms with Crippen LogP contribution in [-0.2, 0) is 0 Å². The molecule has 0 aliphatic rings. The smallest absolute Gasteiger partial charge is 0.282 e. The Balaban J connectivity index is 1.74. The molecule has 0 radical (unpaired) electrons. The number of nitrogens with two attached hydrogens (primary N) is 1. The van der Waals surface area contributed by atoms with E-state index in [1.54, 1.807) is 0 Å². The Kier molecular flexibility index (Phi) is 3.31. The predicted molar refractivity (Wildman–Crippen MR) is 89.2 cm³/mol. The molecule has 2 aromatic heterocycles. The minimum absolute atomic E-state index is 0.243. The first-order chi connectivity index (χ1) is 11.7. The molecule has 4 aromatic rings. The largest absolute Gasteiger partial charge is 0.382 e. The van der Waals surface area contributed by atoms with Gasteiger partial charge in [-0.25, -0.2) is 0 Å². The van der Waals surface area contributed by atoms with Crippen LogP contribution in [0, 0.1) is 6.92 Å². The normalized spacial score (nSPS) is 10.9. The highest BCUT2D eigenvalue weighted by atomic mass is 16.5. The van der Waals surface area contributed by atoms with Gasteiger partial charge in [-0.15, -0.1) is 5.10 Å². The maximum atomic E-state index is 6.16. The van der Waals surface area contributed by atoms with Gasteiger partial charge in [-0.1, -0.05) is 52.8 Å². The fourth-order valence-corrected chi connectivity index (χ4v) is 2.45. The summed E-state index contributed by atoms with van der Waals surface area (Å²) in [6, 6.07) is 17.3. The molecule has 118 valence electrons. The molecule has 2 N–H and O–H groups in total. The van der Waals surface area contributed by atoms with Crippen molar-refractivity contribution in [1.29, 1.82) is 0 Å². The average molecular weight is 318 g/mol. The monoisotopic (exact) mass is 318 g/mol. The van der Waals surface area contributed by atoms with Crippen LogP contribution in [0.2, 0.25) is 0 Å². The topological polar surface area (TPSA) is 95.7 Å². The summed E-state index contributed by atoms with van der Waals surface area (Å²) in [5.74, 6) is 1.09. The lowest BCUT2D eigenvalue weighted by atomic mass is 10.1. The number of aryl methyl sites for hydroxylation is 1. The molecule has 2 heterocycles. The quantitative estimate of drug-likeness (QED) is 0.624. The summed E-state index contributed by atoms with van der Waals surface area (Å²) in [5, 5.41) is 12.2. The lowest BCUT2D eigenvalue weighted by Gasteiger charge is -2.01. The van der Waals surface area contributed by atoms with E-state index in [0.29, 0.717) is 17.3 Å². The van der Waals surface area contributed by atoms with Gasteiger partial charge in [-0.3, -0.25) is 0 Å².